The number of nitrogens with one attached hydrogen (secondary N) is 1. The van der Waals surface area contributed by atoms with Crippen molar-refractivity contribution in [2.24, 2.45) is 5.92 Å². The molecular formula is C23H22N6O. The monoisotopic (exact) mass is 398 g/mol. The zero-order valence-electron chi connectivity index (χ0n) is 16.5. The summed E-state index contributed by atoms with van der Waals surface area (Å²) in [4.78, 5) is 35.8. The highest BCUT2D eigenvalue weighted by Crippen LogP contribution is 2.24. The first-order valence-corrected chi connectivity index (χ1v) is 10.2. The maximum absolute atomic E-state index is 13.2. The van der Waals surface area contributed by atoms with Crippen LogP contribution in [0, 0.1) is 5.92 Å². The number of amides is 1. The molecule has 1 amide bonds. The average Bonchev–Trinajstić information content (AvgIpc) is 3.34. The molecule has 3 aromatic heterocycles. The number of piperidine rings is 1. The van der Waals surface area contributed by atoms with E-state index >= 15 is 0 Å². The Bertz CT molecular complexity index is 1150. The first-order chi connectivity index (χ1) is 14.8. The van der Waals surface area contributed by atoms with Crippen LogP contribution in [0.2, 0.25) is 0 Å². The Labute approximate surface area is 174 Å². The third-order valence-electron chi connectivity index (χ3n) is 5.63. The van der Waals surface area contributed by atoms with Gasteiger partial charge in [0.25, 0.3) is 5.91 Å². The van der Waals surface area contributed by atoms with Gasteiger partial charge < -0.3 is 9.88 Å². The van der Waals surface area contributed by atoms with Crippen LogP contribution in [0.15, 0.2) is 61.3 Å². The molecule has 0 radical (unpaired) electrons. The van der Waals surface area contributed by atoms with Crippen LogP contribution < -0.4 is 0 Å². The number of hydrogen-bond donors (Lipinski definition) is 1. The van der Waals surface area contributed by atoms with Gasteiger partial charge in [-0.1, -0.05) is 24.3 Å². The quantitative estimate of drug-likeness (QED) is 0.568. The number of H-pyrrole nitrogens is 1. The van der Waals surface area contributed by atoms with E-state index in [1.807, 2.05) is 41.4 Å². The molecule has 0 spiro atoms. The Hall–Kier alpha value is -3.61. The summed E-state index contributed by atoms with van der Waals surface area (Å²) in [5.41, 5.74) is 2.20. The van der Waals surface area contributed by atoms with E-state index < -0.39 is 0 Å². The van der Waals surface area contributed by atoms with E-state index in [0.29, 0.717) is 24.0 Å². The molecule has 7 heteroatoms. The molecule has 1 fully saturated rings. The van der Waals surface area contributed by atoms with Crippen molar-refractivity contribution in [3.8, 4) is 11.5 Å². The summed E-state index contributed by atoms with van der Waals surface area (Å²) in [6.07, 6.45) is 11.6. The number of aromatic nitrogens is 5. The third-order valence-corrected chi connectivity index (χ3v) is 5.63. The van der Waals surface area contributed by atoms with Crippen LogP contribution in [0.5, 0.6) is 0 Å². The molecule has 1 saturated heterocycles. The van der Waals surface area contributed by atoms with Crippen LogP contribution >= 0.6 is 0 Å². The van der Waals surface area contributed by atoms with Gasteiger partial charge in [0.1, 0.15) is 11.4 Å². The number of imidazole rings is 1. The van der Waals surface area contributed by atoms with Gasteiger partial charge in [0, 0.05) is 43.3 Å². The molecule has 0 saturated carbocycles. The lowest BCUT2D eigenvalue weighted by molar-refractivity contribution is 0.0669. The Balaban J connectivity index is 1.29. The molecule has 7 nitrogen and oxygen atoms in total. The first kappa shape index (κ1) is 18.4. The van der Waals surface area contributed by atoms with E-state index in [4.69, 9.17) is 0 Å². The van der Waals surface area contributed by atoms with Crippen molar-refractivity contribution in [3.63, 3.8) is 0 Å². The largest absolute Gasteiger partial charge is 0.343 e. The van der Waals surface area contributed by atoms with Gasteiger partial charge in [-0.2, -0.15) is 0 Å². The number of carbonyl (C=O) groups excluding carboxylic acids is 1. The number of benzene rings is 1. The minimum atomic E-state index is 0.00996. The molecule has 1 aromatic carbocycles. The molecule has 150 valence electrons. The highest BCUT2D eigenvalue weighted by atomic mass is 16.2. The van der Waals surface area contributed by atoms with Gasteiger partial charge in [-0.05, 0) is 36.6 Å². The molecular weight excluding hydrogens is 376 g/mol. The van der Waals surface area contributed by atoms with Crippen molar-refractivity contribution < 1.29 is 4.79 Å². The van der Waals surface area contributed by atoms with E-state index in [9.17, 15) is 4.79 Å². The maximum Gasteiger partial charge on any atom is 0.273 e. The number of pyridine rings is 1. The predicted octanol–water partition coefficient (Wildman–Crippen LogP) is 3.51. The lowest BCUT2D eigenvalue weighted by Gasteiger charge is -2.32. The van der Waals surface area contributed by atoms with Gasteiger partial charge in [0.15, 0.2) is 5.82 Å². The lowest BCUT2D eigenvalue weighted by Crippen LogP contribution is -2.41. The third kappa shape index (κ3) is 3.66. The number of hydrogen-bond acceptors (Lipinski definition) is 5. The molecule has 4 aromatic rings. The van der Waals surface area contributed by atoms with E-state index in [2.05, 4.69) is 24.9 Å². The zero-order valence-corrected chi connectivity index (χ0v) is 16.5. The number of rotatable bonds is 4. The topological polar surface area (TPSA) is 87.7 Å². The van der Waals surface area contributed by atoms with Crippen molar-refractivity contribution in [1.29, 1.82) is 0 Å². The molecule has 1 aliphatic rings. The fourth-order valence-electron chi connectivity index (χ4n) is 4.14. The van der Waals surface area contributed by atoms with E-state index in [1.165, 1.54) is 0 Å². The smallest absolute Gasteiger partial charge is 0.273 e. The Morgan fingerprint density at radius 2 is 2.00 bits per heavy atom. The molecule has 30 heavy (non-hydrogen) atoms. The molecule has 1 aliphatic heterocycles. The number of fused-ring (bicyclic) bond motifs is 1. The van der Waals surface area contributed by atoms with Crippen molar-refractivity contribution in [2.75, 3.05) is 13.1 Å². The van der Waals surface area contributed by atoms with Gasteiger partial charge in [-0.3, -0.25) is 14.8 Å². The van der Waals surface area contributed by atoms with E-state index in [0.717, 1.165) is 48.0 Å². The van der Waals surface area contributed by atoms with Crippen LogP contribution in [0.3, 0.4) is 0 Å². The highest BCUT2D eigenvalue weighted by molar-refractivity contribution is 6.05. The fraction of sp³-hybridized carbons (Fsp3) is 0.261. The number of likely N-dealkylation sites (tertiary alicyclic amines) is 1. The normalized spacial score (nSPS) is 16.7. The van der Waals surface area contributed by atoms with Crippen LogP contribution in [-0.4, -0.2) is 48.8 Å². The second-order valence-corrected chi connectivity index (χ2v) is 7.67. The van der Waals surface area contributed by atoms with E-state index in [-0.39, 0.29) is 5.91 Å². The highest BCUT2D eigenvalue weighted by Gasteiger charge is 2.26. The van der Waals surface area contributed by atoms with Crippen molar-refractivity contribution in [2.45, 2.75) is 19.3 Å². The molecule has 0 bridgehead atoms. The van der Waals surface area contributed by atoms with Crippen LogP contribution in [0.25, 0.3) is 22.3 Å². The zero-order chi connectivity index (χ0) is 20.3. The van der Waals surface area contributed by atoms with Crippen LogP contribution in [0.4, 0.5) is 0 Å². The Morgan fingerprint density at radius 1 is 1.07 bits per heavy atom. The van der Waals surface area contributed by atoms with Gasteiger partial charge >= 0.3 is 0 Å². The summed E-state index contributed by atoms with van der Waals surface area (Å²) in [5, 5.41) is 1.95. The summed E-state index contributed by atoms with van der Waals surface area (Å²) in [7, 11) is 0. The Kier molecular flexibility index (Phi) is 4.93. The summed E-state index contributed by atoms with van der Waals surface area (Å²) in [6.45, 7) is 1.48. The van der Waals surface area contributed by atoms with Gasteiger partial charge in [0.2, 0.25) is 0 Å². The summed E-state index contributed by atoms with van der Waals surface area (Å²) < 4.78 is 0. The second kappa shape index (κ2) is 8.02. The van der Waals surface area contributed by atoms with Gasteiger partial charge in [0.05, 0.1) is 11.9 Å². The summed E-state index contributed by atoms with van der Waals surface area (Å²) in [6, 6.07) is 9.85. The first-order valence-electron chi connectivity index (χ1n) is 10.2. The van der Waals surface area contributed by atoms with Crippen molar-refractivity contribution in [1.82, 2.24) is 29.8 Å². The number of aromatic amines is 1. The van der Waals surface area contributed by atoms with E-state index in [1.54, 1.807) is 24.8 Å². The SMILES string of the molecule is O=C(c1nccc2ccccc12)N1CCC[C@@H](Cc2cnc(-c3ncc[nH]3)cn2)C1. The molecule has 1 N–H and O–H groups in total. The molecule has 4 heterocycles. The number of carbonyl (C=O) groups is 1. The van der Waals surface area contributed by atoms with Crippen molar-refractivity contribution >= 4 is 16.7 Å². The lowest BCUT2D eigenvalue weighted by atomic mass is 9.93. The molecule has 0 unspecified atom stereocenters. The van der Waals surface area contributed by atoms with Gasteiger partial charge in [-0.25, -0.2) is 9.97 Å². The average molecular weight is 398 g/mol. The molecule has 1 atom stereocenters. The van der Waals surface area contributed by atoms with Gasteiger partial charge in [-0.15, -0.1) is 0 Å². The summed E-state index contributed by atoms with van der Waals surface area (Å²) >= 11 is 0. The molecule has 0 aliphatic carbocycles. The van der Waals surface area contributed by atoms with Crippen LogP contribution in [-0.2, 0) is 6.42 Å². The Morgan fingerprint density at radius 3 is 2.83 bits per heavy atom. The second-order valence-electron chi connectivity index (χ2n) is 7.67. The fourth-order valence-corrected chi connectivity index (χ4v) is 4.14. The van der Waals surface area contributed by atoms with Crippen LogP contribution in [0.1, 0.15) is 29.0 Å². The molecule has 5 rings (SSSR count). The minimum absolute atomic E-state index is 0.00996. The summed E-state index contributed by atoms with van der Waals surface area (Å²) in [5.74, 6) is 1.09. The van der Waals surface area contributed by atoms with Crippen molar-refractivity contribution in [3.05, 3.63) is 72.7 Å². The maximum atomic E-state index is 13.2. The predicted molar refractivity (Wildman–Crippen MR) is 114 cm³/mol. The standard InChI is InChI=1S/C23H22N6O/c30-23(21-19-6-2-1-5-17(19)7-8-24-21)29-11-3-4-16(15-29)12-18-13-28-20(14-27-18)22-25-9-10-26-22/h1-2,5-10,13-14,16H,3-4,11-12,15H2,(H,25,26)/t16-/m0/s1. The minimum Gasteiger partial charge on any atom is -0.343 e. The number of nitrogens with zero attached hydrogens (tertiary/aromatic N) is 5.